The maximum absolute atomic E-state index is 7.40. The van der Waals surface area contributed by atoms with Gasteiger partial charge >= 0.3 is 0 Å². The third-order valence-corrected chi connectivity index (χ3v) is 19.4. The van der Waals surface area contributed by atoms with Crippen LogP contribution < -0.4 is 68.1 Å². The predicted octanol–water partition coefficient (Wildman–Crippen LogP) is 7.75. The Hall–Kier alpha value is -8.05. The second-order valence-corrected chi connectivity index (χ2v) is 21.7. The highest BCUT2D eigenvalue weighted by Gasteiger charge is 2.51. The van der Waals surface area contributed by atoms with E-state index in [-0.39, 0.29) is 13.4 Å². The molecule has 0 bridgehead atoms. The van der Waals surface area contributed by atoms with E-state index in [0.717, 1.165) is 28.4 Å². The Bertz CT molecular complexity index is 3440. The van der Waals surface area contributed by atoms with E-state index in [2.05, 4.69) is 252 Å². The van der Waals surface area contributed by atoms with Gasteiger partial charge in [0.1, 0.15) is 11.5 Å². The van der Waals surface area contributed by atoms with Gasteiger partial charge in [0.05, 0.1) is 0 Å². The molecule has 0 spiro atoms. The third kappa shape index (κ3) is 5.22. The second-order valence-electron chi connectivity index (χ2n) is 17.9. The molecule has 4 aliphatic rings. The van der Waals surface area contributed by atoms with Crippen molar-refractivity contribution < 1.29 is 4.74 Å². The summed E-state index contributed by atoms with van der Waals surface area (Å²) < 4.78 is 7.40. The molecule has 10 aromatic rings. The highest BCUT2D eigenvalue weighted by atomic mass is 28.3. The number of nitrogens with zero attached hydrogens (tertiary/aromatic N) is 2. The summed E-state index contributed by atoms with van der Waals surface area (Å²) >= 11 is 0. The van der Waals surface area contributed by atoms with Gasteiger partial charge in [-0.25, -0.2) is 0 Å². The van der Waals surface area contributed by atoms with E-state index in [4.69, 9.17) is 4.74 Å². The van der Waals surface area contributed by atoms with E-state index in [1.54, 1.807) is 0 Å². The largest absolute Gasteiger partial charge is 0.458 e. The molecular formula is C60H40B2N2OSi. The highest BCUT2D eigenvalue weighted by molar-refractivity contribution is 7.20. The number of ether oxygens (including phenoxy) is 1. The van der Waals surface area contributed by atoms with Crippen LogP contribution in [0.1, 0.15) is 0 Å². The Kier molecular flexibility index (Phi) is 8.19. The fourth-order valence-corrected chi connectivity index (χ4v) is 16.8. The van der Waals surface area contributed by atoms with E-state index in [1.165, 1.54) is 81.8 Å². The van der Waals surface area contributed by atoms with E-state index in [9.17, 15) is 0 Å². The number of anilines is 6. The first kappa shape index (κ1) is 37.3. The van der Waals surface area contributed by atoms with Crippen molar-refractivity contribution in [2.24, 2.45) is 0 Å². The lowest BCUT2D eigenvalue weighted by molar-refractivity contribution is 0.488. The molecule has 306 valence electrons. The van der Waals surface area contributed by atoms with Crippen LogP contribution >= 0.6 is 0 Å². The minimum absolute atomic E-state index is 0.0144. The molecule has 66 heavy (non-hydrogen) atoms. The van der Waals surface area contributed by atoms with Crippen LogP contribution in [0, 0.1) is 0 Å². The fourth-order valence-electron chi connectivity index (χ4n) is 12.0. The van der Waals surface area contributed by atoms with Crippen LogP contribution in [0.2, 0.25) is 0 Å². The van der Waals surface area contributed by atoms with Crippen LogP contribution in [0.3, 0.4) is 0 Å². The molecule has 0 amide bonds. The Morgan fingerprint density at radius 3 is 1.36 bits per heavy atom. The maximum Gasteiger partial charge on any atom is 0.256 e. The van der Waals surface area contributed by atoms with E-state index < -0.39 is 8.07 Å². The molecule has 0 saturated heterocycles. The average Bonchev–Trinajstić information content (AvgIpc) is 3.39. The summed E-state index contributed by atoms with van der Waals surface area (Å²) in [5.41, 5.74) is 17.2. The summed E-state index contributed by atoms with van der Waals surface area (Å²) in [5, 5.41) is 5.42. The minimum Gasteiger partial charge on any atom is -0.458 e. The average molecular weight is 855 g/mol. The smallest absolute Gasteiger partial charge is 0.256 e. The van der Waals surface area contributed by atoms with Gasteiger partial charge in [-0.1, -0.05) is 200 Å². The molecule has 3 nitrogen and oxygen atoms in total. The third-order valence-electron chi connectivity index (χ3n) is 14.6. The van der Waals surface area contributed by atoms with Gasteiger partial charge in [-0.2, -0.15) is 0 Å². The van der Waals surface area contributed by atoms with Crippen molar-refractivity contribution in [1.29, 1.82) is 0 Å². The van der Waals surface area contributed by atoms with Gasteiger partial charge in [-0.05, 0) is 101 Å². The number of para-hydroxylation sites is 4. The second kappa shape index (κ2) is 14.5. The molecule has 4 aliphatic heterocycles. The summed E-state index contributed by atoms with van der Waals surface area (Å²) in [6.07, 6.45) is 0. The summed E-state index contributed by atoms with van der Waals surface area (Å²) in [6, 6.07) is 90.1. The van der Waals surface area contributed by atoms with Crippen molar-refractivity contribution in [3.8, 4) is 22.6 Å². The monoisotopic (exact) mass is 854 g/mol. The molecule has 14 rings (SSSR count). The first-order valence-electron chi connectivity index (χ1n) is 23.0. The van der Waals surface area contributed by atoms with Crippen molar-refractivity contribution in [2.75, 3.05) is 9.80 Å². The number of hydrogen-bond acceptors (Lipinski definition) is 3. The van der Waals surface area contributed by atoms with Gasteiger partial charge in [-0.3, -0.25) is 0 Å². The fraction of sp³-hybridized carbons (Fsp3) is 0. The summed E-state index contributed by atoms with van der Waals surface area (Å²) in [6.45, 7) is 0.0450. The standard InChI is InChI=1S/C60H40B2N2OSi/c1-5-21-43(22-6-1)63-52-33-16-13-30-48(52)61-49-31-14-17-34-53(49)64-54-35-18-15-32-50(54)62-51-37-36-42(39-56(51)65-57-40-55(63)58(61)60(64)59(57)62)41-20-19-29-47(38-41)66(44-23-7-2-8-24-44,45-25-9-3-10-26-45)46-27-11-4-12-28-46/h1-40H. The van der Waals surface area contributed by atoms with Crippen LogP contribution in [-0.4, -0.2) is 21.5 Å². The number of hydrogen-bond donors (Lipinski definition) is 0. The van der Waals surface area contributed by atoms with Crippen LogP contribution in [0.4, 0.5) is 34.1 Å². The lowest BCUT2D eigenvalue weighted by atomic mass is 9.29. The normalized spacial score (nSPS) is 13.5. The SMILES string of the molecule is c1ccc(N2c3ccccc3B3c4ccccc4N4c5ccccc5B5c6ccc(-c7cccc([Si](c8ccccc8)(c8ccccc8)c8ccccc8)c7)cc6Oc6cc2c3c4c65)cc1. The lowest BCUT2D eigenvalue weighted by Gasteiger charge is -2.49. The van der Waals surface area contributed by atoms with Crippen LogP contribution in [-0.2, 0) is 0 Å². The molecule has 0 fully saturated rings. The molecule has 10 aromatic carbocycles. The number of benzene rings is 10. The summed E-state index contributed by atoms with van der Waals surface area (Å²) in [4.78, 5) is 5.01. The van der Waals surface area contributed by atoms with Crippen LogP contribution in [0.15, 0.2) is 243 Å². The van der Waals surface area contributed by atoms with Crippen molar-refractivity contribution in [1.82, 2.24) is 0 Å². The van der Waals surface area contributed by atoms with E-state index >= 15 is 0 Å². The molecule has 0 unspecified atom stereocenters. The summed E-state index contributed by atoms with van der Waals surface area (Å²) in [5.74, 6) is 1.81. The molecule has 6 heteroatoms. The Balaban J connectivity index is 0.985. The maximum atomic E-state index is 7.40. The highest BCUT2D eigenvalue weighted by Crippen LogP contribution is 2.48. The first-order valence-corrected chi connectivity index (χ1v) is 25.0. The number of rotatable bonds is 6. The van der Waals surface area contributed by atoms with Crippen molar-refractivity contribution in [3.05, 3.63) is 243 Å². The Morgan fingerprint density at radius 2 is 0.788 bits per heavy atom. The zero-order valence-corrected chi connectivity index (χ0v) is 37.1. The molecule has 0 N–H and O–H groups in total. The predicted molar refractivity (Wildman–Crippen MR) is 281 cm³/mol. The Morgan fingerprint density at radius 1 is 0.318 bits per heavy atom. The van der Waals surface area contributed by atoms with Gasteiger partial charge in [0.15, 0.2) is 8.07 Å². The zero-order valence-electron chi connectivity index (χ0n) is 36.1. The molecule has 0 radical (unpaired) electrons. The van der Waals surface area contributed by atoms with Crippen molar-refractivity contribution >= 4 is 109 Å². The summed E-state index contributed by atoms with van der Waals surface area (Å²) in [7, 11) is -2.74. The van der Waals surface area contributed by atoms with Crippen LogP contribution in [0.5, 0.6) is 11.5 Å². The topological polar surface area (TPSA) is 15.7 Å². The van der Waals surface area contributed by atoms with Crippen molar-refractivity contribution in [3.63, 3.8) is 0 Å². The van der Waals surface area contributed by atoms with Gasteiger partial charge in [0.25, 0.3) is 13.4 Å². The molecule has 4 heterocycles. The molecule has 0 aromatic heterocycles. The van der Waals surface area contributed by atoms with Gasteiger partial charge in [0.2, 0.25) is 0 Å². The van der Waals surface area contributed by atoms with Crippen LogP contribution in [0.25, 0.3) is 11.1 Å². The minimum atomic E-state index is -2.74. The molecule has 0 saturated carbocycles. The first-order chi connectivity index (χ1) is 32.8. The number of fused-ring (bicyclic) bond motifs is 10. The van der Waals surface area contributed by atoms with Crippen molar-refractivity contribution in [2.45, 2.75) is 0 Å². The quantitative estimate of drug-likeness (QED) is 0.126. The van der Waals surface area contributed by atoms with Gasteiger partial charge in [0, 0.05) is 40.2 Å². The lowest BCUT2D eigenvalue weighted by Crippen LogP contribution is -2.74. The zero-order chi connectivity index (χ0) is 43.3. The van der Waals surface area contributed by atoms with E-state index in [1.807, 2.05) is 0 Å². The Labute approximate surface area is 387 Å². The molecule has 0 atom stereocenters. The van der Waals surface area contributed by atoms with Gasteiger partial charge in [-0.15, -0.1) is 0 Å². The van der Waals surface area contributed by atoms with Gasteiger partial charge < -0.3 is 14.5 Å². The van der Waals surface area contributed by atoms with E-state index in [0.29, 0.717) is 0 Å². The molecule has 0 aliphatic carbocycles. The molecular weight excluding hydrogens is 814 g/mol.